The van der Waals surface area contributed by atoms with E-state index in [0.29, 0.717) is 12.1 Å². The Balaban J connectivity index is 2.49. The molecule has 0 aliphatic rings. The first-order chi connectivity index (χ1) is 9.32. The van der Waals surface area contributed by atoms with Crippen LogP contribution in [-0.2, 0) is 9.84 Å². The highest BCUT2D eigenvalue weighted by molar-refractivity contribution is 7.91. The van der Waals surface area contributed by atoms with Crippen LogP contribution in [0.15, 0.2) is 52.3 Å². The van der Waals surface area contributed by atoms with Gasteiger partial charge in [0.1, 0.15) is 0 Å². The topological polar surface area (TPSA) is 77.3 Å². The summed E-state index contributed by atoms with van der Waals surface area (Å²) in [4.78, 5) is 9.14. The Hall–Kier alpha value is -2.35. The van der Waals surface area contributed by atoms with Crippen LogP contribution in [0.1, 0.15) is 0 Å². The summed E-state index contributed by atoms with van der Waals surface area (Å²) in [5.41, 5.74) is -0.269. The van der Waals surface area contributed by atoms with Gasteiger partial charge in [-0.05, 0) is 30.3 Å². The maximum Gasteiger partial charge on any atom is 0.269 e. The van der Waals surface area contributed by atoms with Gasteiger partial charge in [0.2, 0.25) is 9.84 Å². The van der Waals surface area contributed by atoms with Gasteiger partial charge in [-0.1, -0.05) is 0 Å². The molecule has 2 aromatic carbocycles. The number of nitrogens with zero attached hydrogens (tertiary/aromatic N) is 1. The van der Waals surface area contributed by atoms with E-state index < -0.39 is 31.3 Å². The number of nitro benzene ring substituents is 1. The van der Waals surface area contributed by atoms with Crippen molar-refractivity contribution in [2.45, 2.75) is 9.79 Å². The third kappa shape index (κ3) is 2.50. The summed E-state index contributed by atoms with van der Waals surface area (Å²) < 4.78 is 50.1. The van der Waals surface area contributed by atoms with Crippen molar-refractivity contribution in [3.63, 3.8) is 0 Å². The molecule has 0 aromatic heterocycles. The number of benzene rings is 2. The SMILES string of the molecule is O=[N+]([O-])c1ccc(S(=O)(=O)c2ccc(F)c(F)c2)cc1. The zero-order valence-electron chi connectivity index (χ0n) is 9.79. The van der Waals surface area contributed by atoms with E-state index in [9.17, 15) is 27.3 Å². The lowest BCUT2D eigenvalue weighted by Crippen LogP contribution is -2.03. The van der Waals surface area contributed by atoms with Gasteiger partial charge in [0.05, 0.1) is 14.7 Å². The van der Waals surface area contributed by atoms with Gasteiger partial charge in [0.15, 0.2) is 11.6 Å². The van der Waals surface area contributed by atoms with Crippen LogP contribution in [0.2, 0.25) is 0 Å². The van der Waals surface area contributed by atoms with Crippen LogP contribution in [0.3, 0.4) is 0 Å². The Bertz CT molecular complexity index is 773. The Kier molecular flexibility index (Phi) is 3.49. The van der Waals surface area contributed by atoms with Crippen molar-refractivity contribution in [2.75, 3.05) is 0 Å². The molecule has 0 saturated heterocycles. The predicted octanol–water partition coefficient (Wildman–Crippen LogP) is 2.71. The van der Waals surface area contributed by atoms with E-state index >= 15 is 0 Å². The standard InChI is InChI=1S/C12H7F2NO4S/c13-11-6-5-10(7-12(11)14)20(18,19)9-3-1-8(2-4-9)15(16)17/h1-7H. The molecule has 0 amide bonds. The summed E-state index contributed by atoms with van der Waals surface area (Å²) in [6.45, 7) is 0. The fraction of sp³-hybridized carbons (Fsp3) is 0. The quantitative estimate of drug-likeness (QED) is 0.496. The normalized spacial score (nSPS) is 11.3. The zero-order chi connectivity index (χ0) is 14.9. The lowest BCUT2D eigenvalue weighted by atomic mass is 10.3. The highest BCUT2D eigenvalue weighted by Gasteiger charge is 2.20. The van der Waals surface area contributed by atoms with E-state index in [0.717, 1.165) is 30.3 Å². The summed E-state index contributed by atoms with van der Waals surface area (Å²) in [6.07, 6.45) is 0. The molecule has 0 aliphatic heterocycles. The van der Waals surface area contributed by atoms with Crippen LogP contribution in [-0.4, -0.2) is 13.3 Å². The van der Waals surface area contributed by atoms with Gasteiger partial charge < -0.3 is 0 Å². The molecule has 0 heterocycles. The minimum absolute atomic E-state index is 0.242. The van der Waals surface area contributed by atoms with Gasteiger partial charge in [0.25, 0.3) is 5.69 Å². The molecule has 0 saturated carbocycles. The molecule has 0 fully saturated rings. The second-order valence-corrected chi connectivity index (χ2v) is 5.78. The smallest absolute Gasteiger partial charge is 0.258 e. The molecule has 0 unspecified atom stereocenters. The minimum Gasteiger partial charge on any atom is -0.258 e. The van der Waals surface area contributed by atoms with Gasteiger partial charge in [-0.25, -0.2) is 17.2 Å². The maximum atomic E-state index is 13.1. The number of non-ortho nitro benzene ring substituents is 1. The summed E-state index contributed by atoms with van der Waals surface area (Å²) >= 11 is 0. The van der Waals surface area contributed by atoms with E-state index in [-0.39, 0.29) is 10.6 Å². The van der Waals surface area contributed by atoms with Crippen molar-refractivity contribution in [1.82, 2.24) is 0 Å². The lowest BCUT2D eigenvalue weighted by Gasteiger charge is -2.04. The van der Waals surface area contributed by atoms with Crippen molar-refractivity contribution in [1.29, 1.82) is 0 Å². The van der Waals surface area contributed by atoms with Crippen LogP contribution in [0.25, 0.3) is 0 Å². The number of halogens is 2. The van der Waals surface area contributed by atoms with E-state index in [4.69, 9.17) is 0 Å². The molecule has 0 spiro atoms. The lowest BCUT2D eigenvalue weighted by molar-refractivity contribution is -0.384. The molecule has 0 bridgehead atoms. The molecular formula is C12H7F2NO4S. The van der Waals surface area contributed by atoms with Gasteiger partial charge in [-0.15, -0.1) is 0 Å². The van der Waals surface area contributed by atoms with E-state index in [1.165, 1.54) is 0 Å². The van der Waals surface area contributed by atoms with Crippen molar-refractivity contribution >= 4 is 15.5 Å². The average molecular weight is 299 g/mol. The molecular weight excluding hydrogens is 292 g/mol. The van der Waals surface area contributed by atoms with E-state index in [1.807, 2.05) is 0 Å². The van der Waals surface area contributed by atoms with Gasteiger partial charge in [0, 0.05) is 12.1 Å². The fourth-order valence-electron chi connectivity index (χ4n) is 1.53. The number of nitro groups is 1. The number of rotatable bonds is 3. The van der Waals surface area contributed by atoms with Gasteiger partial charge >= 0.3 is 0 Å². The molecule has 2 rings (SSSR count). The summed E-state index contributed by atoms with van der Waals surface area (Å²) in [6, 6.07) is 6.30. The predicted molar refractivity (Wildman–Crippen MR) is 64.9 cm³/mol. The Morgan fingerprint density at radius 3 is 1.95 bits per heavy atom. The van der Waals surface area contributed by atoms with Crippen molar-refractivity contribution in [2.24, 2.45) is 0 Å². The van der Waals surface area contributed by atoms with Crippen LogP contribution < -0.4 is 0 Å². The summed E-state index contributed by atoms with van der Waals surface area (Å²) in [5, 5.41) is 10.5. The second kappa shape index (κ2) is 4.97. The van der Waals surface area contributed by atoms with Crippen LogP contribution >= 0.6 is 0 Å². The second-order valence-electron chi connectivity index (χ2n) is 3.83. The van der Waals surface area contributed by atoms with E-state index in [2.05, 4.69) is 0 Å². The Labute approximate surface area is 112 Å². The minimum atomic E-state index is -4.05. The Morgan fingerprint density at radius 1 is 0.900 bits per heavy atom. The maximum absolute atomic E-state index is 13.1. The van der Waals surface area contributed by atoms with Crippen LogP contribution in [0.4, 0.5) is 14.5 Å². The molecule has 20 heavy (non-hydrogen) atoms. The first-order valence-electron chi connectivity index (χ1n) is 5.27. The molecule has 8 heteroatoms. The monoisotopic (exact) mass is 299 g/mol. The summed E-state index contributed by atoms with van der Waals surface area (Å²) in [5.74, 6) is -2.44. The van der Waals surface area contributed by atoms with Gasteiger partial charge in [-0.3, -0.25) is 10.1 Å². The molecule has 2 aromatic rings. The molecule has 5 nitrogen and oxygen atoms in total. The number of sulfone groups is 1. The highest BCUT2D eigenvalue weighted by atomic mass is 32.2. The molecule has 0 aliphatic carbocycles. The fourth-order valence-corrected chi connectivity index (χ4v) is 2.80. The first kappa shape index (κ1) is 14.1. The van der Waals surface area contributed by atoms with Gasteiger partial charge in [-0.2, -0.15) is 0 Å². The van der Waals surface area contributed by atoms with Crippen LogP contribution in [0, 0.1) is 21.7 Å². The molecule has 0 N–H and O–H groups in total. The zero-order valence-corrected chi connectivity index (χ0v) is 10.6. The molecule has 104 valence electrons. The van der Waals surface area contributed by atoms with Crippen LogP contribution in [0.5, 0.6) is 0 Å². The largest absolute Gasteiger partial charge is 0.269 e. The molecule has 0 radical (unpaired) electrons. The average Bonchev–Trinajstić information content (AvgIpc) is 2.41. The van der Waals surface area contributed by atoms with Crippen molar-refractivity contribution < 1.29 is 22.1 Å². The third-order valence-corrected chi connectivity index (χ3v) is 4.33. The highest BCUT2D eigenvalue weighted by Crippen LogP contribution is 2.24. The van der Waals surface area contributed by atoms with E-state index in [1.54, 1.807) is 0 Å². The Morgan fingerprint density at radius 2 is 1.45 bits per heavy atom. The number of hydrogen-bond donors (Lipinski definition) is 0. The third-order valence-electron chi connectivity index (χ3n) is 2.56. The van der Waals surface area contributed by atoms with Crippen molar-refractivity contribution in [3.05, 3.63) is 64.2 Å². The van der Waals surface area contributed by atoms with Crippen molar-refractivity contribution in [3.8, 4) is 0 Å². The molecule has 0 atom stereocenters. The number of hydrogen-bond acceptors (Lipinski definition) is 4. The summed E-state index contributed by atoms with van der Waals surface area (Å²) in [7, 11) is -4.05. The first-order valence-corrected chi connectivity index (χ1v) is 6.75.